The number of aliphatic hydroxyl groups is 1. The summed E-state index contributed by atoms with van der Waals surface area (Å²) in [5.41, 5.74) is 10.9. The molecule has 12 heteroatoms. The highest BCUT2D eigenvalue weighted by Crippen LogP contribution is 2.38. The van der Waals surface area contributed by atoms with Crippen LogP contribution in [-0.2, 0) is 9.59 Å². The number of imide groups is 1. The van der Waals surface area contributed by atoms with Gasteiger partial charge in [0.25, 0.3) is 11.6 Å². The van der Waals surface area contributed by atoms with Crippen molar-refractivity contribution in [3.8, 4) is 0 Å². The summed E-state index contributed by atoms with van der Waals surface area (Å²) in [6.07, 6.45) is 2.32. The molecule has 3 aromatic rings. The van der Waals surface area contributed by atoms with E-state index in [4.69, 9.17) is 5.73 Å². The van der Waals surface area contributed by atoms with E-state index >= 15 is 0 Å². The van der Waals surface area contributed by atoms with Crippen molar-refractivity contribution >= 4 is 50.5 Å². The minimum atomic E-state index is -1.05. The summed E-state index contributed by atoms with van der Waals surface area (Å²) in [7, 11) is 0. The van der Waals surface area contributed by atoms with Gasteiger partial charge >= 0.3 is 0 Å². The summed E-state index contributed by atoms with van der Waals surface area (Å²) >= 11 is 3.40. The molecule has 1 fully saturated rings. The molecule has 0 aliphatic carbocycles. The smallest absolute Gasteiger partial charge is 0.269 e. The highest BCUT2D eigenvalue weighted by Gasteiger charge is 2.54. The molecule has 2 aliphatic rings. The Morgan fingerprint density at radius 3 is 2.23 bits per heavy atom. The maximum atomic E-state index is 13.9. The van der Waals surface area contributed by atoms with Crippen LogP contribution in [0.25, 0.3) is 0 Å². The topological polar surface area (TPSA) is 154 Å². The van der Waals surface area contributed by atoms with Gasteiger partial charge in [-0.15, -0.1) is 0 Å². The summed E-state index contributed by atoms with van der Waals surface area (Å²) in [6, 6.07) is 18.1. The number of nitrogens with two attached hydrogens (primary N) is 1. The Kier molecular flexibility index (Phi) is 7.94. The number of nitrogens with one attached hydrogen (secondary N) is 2. The van der Waals surface area contributed by atoms with Crippen molar-refractivity contribution in [1.29, 1.82) is 0 Å². The van der Waals surface area contributed by atoms with Crippen molar-refractivity contribution in [1.82, 2.24) is 5.01 Å². The molecule has 0 aromatic heterocycles. The molecule has 0 radical (unpaired) electrons. The van der Waals surface area contributed by atoms with Crippen LogP contribution in [0.4, 0.5) is 22.7 Å². The Bertz CT molecular complexity index is 1430. The number of nitro groups is 1. The van der Waals surface area contributed by atoms with E-state index in [0.717, 1.165) is 15.1 Å². The Labute approximate surface area is 238 Å². The average Bonchev–Trinajstić information content (AvgIpc) is 3.22. The number of hydrogen-bond acceptors (Lipinski definition) is 9. The Morgan fingerprint density at radius 2 is 1.60 bits per heavy atom. The zero-order valence-corrected chi connectivity index (χ0v) is 22.8. The molecule has 2 amide bonds. The molecule has 206 valence electrons. The number of amides is 2. The summed E-state index contributed by atoms with van der Waals surface area (Å²) in [5, 5.41) is 27.2. The van der Waals surface area contributed by atoms with Gasteiger partial charge in [-0.1, -0.05) is 40.2 Å². The van der Waals surface area contributed by atoms with Gasteiger partial charge in [0.2, 0.25) is 5.91 Å². The lowest BCUT2D eigenvalue weighted by atomic mass is 9.90. The largest absolute Gasteiger partial charge is 0.386 e. The molecule has 1 saturated heterocycles. The number of hydrogen-bond donors (Lipinski definition) is 4. The first-order chi connectivity index (χ1) is 19.3. The van der Waals surface area contributed by atoms with Crippen LogP contribution in [0.3, 0.4) is 0 Å². The van der Waals surface area contributed by atoms with E-state index in [2.05, 4.69) is 26.7 Å². The number of non-ortho nitro benzene ring substituents is 1. The first kappa shape index (κ1) is 27.5. The van der Waals surface area contributed by atoms with E-state index < -0.39 is 34.9 Å². The van der Waals surface area contributed by atoms with Gasteiger partial charge in [-0.2, -0.15) is 0 Å². The first-order valence-electron chi connectivity index (χ1n) is 12.6. The Morgan fingerprint density at radius 1 is 0.950 bits per heavy atom. The van der Waals surface area contributed by atoms with E-state index in [0.29, 0.717) is 30.0 Å². The normalized spacial score (nSPS) is 21.3. The fraction of sp³-hybridized carbons (Fsp3) is 0.214. The van der Waals surface area contributed by atoms with Crippen LogP contribution in [0.5, 0.6) is 0 Å². The van der Waals surface area contributed by atoms with Crippen LogP contribution >= 0.6 is 15.9 Å². The van der Waals surface area contributed by atoms with Crippen LogP contribution < -0.4 is 21.4 Å². The number of aliphatic hydroxyl groups excluding tert-OH is 1. The predicted molar refractivity (Wildman–Crippen MR) is 154 cm³/mol. The van der Waals surface area contributed by atoms with Crippen molar-refractivity contribution < 1.29 is 19.6 Å². The fourth-order valence-electron chi connectivity index (χ4n) is 4.93. The van der Waals surface area contributed by atoms with Crippen molar-refractivity contribution in [2.24, 2.45) is 11.7 Å². The number of anilines is 3. The molecule has 1 unspecified atom stereocenters. The minimum absolute atomic E-state index is 0.0869. The number of fused-ring (bicyclic) bond motifs is 1. The second-order valence-electron chi connectivity index (χ2n) is 9.44. The SMILES string of the molecule is NCCNc1ccc(N2C(=O)C3C=C[C@H]([C@H](O)c4ccc(Br)cc4)N(Nc4ccc([N+](=O)[O-])cc4)[C@@H]3C2=O)cc1. The van der Waals surface area contributed by atoms with Crippen molar-refractivity contribution in [2.45, 2.75) is 18.2 Å². The monoisotopic (exact) mass is 606 g/mol. The van der Waals surface area contributed by atoms with Gasteiger partial charge in [-0.05, 0) is 54.1 Å². The highest BCUT2D eigenvalue weighted by atomic mass is 79.9. The van der Waals surface area contributed by atoms with Gasteiger partial charge in [0.15, 0.2) is 0 Å². The standard InChI is InChI=1S/C28H27BrN6O5/c29-18-3-1-17(2-4-18)26(36)24-14-13-23-25(34(24)32-20-7-11-22(12-8-20)35(39)40)28(38)33(27(23)37)21-9-5-19(6-10-21)31-16-15-30/h1-14,23-26,31-32,36H,15-16,30H2/t23?,24-,25+,26-/m1/s1. The lowest BCUT2D eigenvalue weighted by molar-refractivity contribution is -0.384. The molecule has 4 atom stereocenters. The molecular weight excluding hydrogens is 580 g/mol. The molecule has 5 N–H and O–H groups in total. The van der Waals surface area contributed by atoms with Crippen molar-refractivity contribution in [3.05, 3.63) is 105 Å². The maximum Gasteiger partial charge on any atom is 0.269 e. The molecule has 2 aliphatic heterocycles. The van der Waals surface area contributed by atoms with Crippen LogP contribution in [0.2, 0.25) is 0 Å². The maximum absolute atomic E-state index is 13.9. The second-order valence-corrected chi connectivity index (χ2v) is 10.4. The fourth-order valence-corrected chi connectivity index (χ4v) is 5.20. The van der Waals surface area contributed by atoms with Gasteiger partial charge in [0.05, 0.1) is 28.7 Å². The average molecular weight is 607 g/mol. The van der Waals surface area contributed by atoms with Crippen LogP contribution in [0.1, 0.15) is 11.7 Å². The summed E-state index contributed by atoms with van der Waals surface area (Å²) in [5.74, 6) is -1.65. The molecule has 2 heterocycles. The zero-order chi connectivity index (χ0) is 28.4. The lowest BCUT2D eigenvalue weighted by Gasteiger charge is -2.40. The summed E-state index contributed by atoms with van der Waals surface area (Å²) in [6.45, 7) is 1.05. The molecule has 0 saturated carbocycles. The number of hydrazine groups is 1. The van der Waals surface area contributed by atoms with Gasteiger partial charge in [-0.3, -0.25) is 19.7 Å². The Balaban J connectivity index is 1.49. The quantitative estimate of drug-likeness (QED) is 0.124. The molecule has 11 nitrogen and oxygen atoms in total. The molecule has 0 bridgehead atoms. The number of nitrogens with zero attached hydrogens (tertiary/aromatic N) is 3. The summed E-state index contributed by atoms with van der Waals surface area (Å²) < 4.78 is 0.847. The summed E-state index contributed by atoms with van der Waals surface area (Å²) in [4.78, 5) is 39.2. The number of rotatable bonds is 9. The third-order valence-electron chi connectivity index (χ3n) is 6.93. The number of nitro benzene ring substituents is 1. The van der Waals surface area contributed by atoms with Gasteiger partial charge in [0, 0.05) is 41.1 Å². The predicted octanol–water partition coefficient (Wildman–Crippen LogP) is 3.59. The number of carbonyl (C=O) groups is 2. The van der Waals surface area contributed by atoms with Crippen molar-refractivity contribution in [2.75, 3.05) is 28.7 Å². The van der Waals surface area contributed by atoms with E-state index in [1.165, 1.54) is 24.3 Å². The Hall–Kier alpha value is -4.10. The highest BCUT2D eigenvalue weighted by molar-refractivity contribution is 9.10. The third-order valence-corrected chi connectivity index (χ3v) is 7.45. The van der Waals surface area contributed by atoms with E-state index in [-0.39, 0.29) is 11.6 Å². The van der Waals surface area contributed by atoms with Gasteiger partial charge in [-0.25, -0.2) is 9.91 Å². The van der Waals surface area contributed by atoms with Crippen molar-refractivity contribution in [3.63, 3.8) is 0 Å². The van der Waals surface area contributed by atoms with E-state index in [1.54, 1.807) is 65.7 Å². The zero-order valence-electron chi connectivity index (χ0n) is 21.2. The first-order valence-corrected chi connectivity index (χ1v) is 13.4. The molecule has 5 rings (SSSR count). The van der Waals surface area contributed by atoms with Gasteiger partial charge in [0.1, 0.15) is 6.04 Å². The molecular formula is C28H27BrN6O5. The van der Waals surface area contributed by atoms with Gasteiger partial charge < -0.3 is 21.6 Å². The number of benzene rings is 3. The lowest BCUT2D eigenvalue weighted by Crippen LogP contribution is -2.55. The molecule has 3 aromatic carbocycles. The minimum Gasteiger partial charge on any atom is -0.386 e. The second kappa shape index (κ2) is 11.6. The number of halogens is 1. The van der Waals surface area contributed by atoms with E-state index in [1.807, 2.05) is 0 Å². The molecule has 40 heavy (non-hydrogen) atoms. The van der Waals surface area contributed by atoms with E-state index in [9.17, 15) is 24.8 Å². The van der Waals surface area contributed by atoms with Crippen LogP contribution in [0.15, 0.2) is 89.4 Å². The number of carbonyl (C=O) groups excluding carboxylic acids is 2. The molecule has 0 spiro atoms. The third kappa shape index (κ3) is 5.34. The van der Waals surface area contributed by atoms with Crippen LogP contribution in [0, 0.1) is 16.0 Å². The van der Waals surface area contributed by atoms with Crippen LogP contribution in [-0.4, -0.2) is 52.0 Å².